The Hall–Kier alpha value is -3.41. The number of carbonyl (C=O) groups excluding carboxylic acids is 3. The van der Waals surface area contributed by atoms with E-state index < -0.39 is 6.10 Å². The fraction of sp³-hybridized carbons (Fsp3) is 0.776. The van der Waals surface area contributed by atoms with Crippen molar-refractivity contribution in [3.8, 4) is 0 Å². The molecule has 1 unspecified atom stereocenters. The quantitative estimate of drug-likeness (QED) is 0.0261. The van der Waals surface area contributed by atoms with Crippen LogP contribution < -0.4 is 0 Å². The molecule has 0 aromatic heterocycles. The Morgan fingerprint density at radius 3 is 0.744 bits per heavy atom. The van der Waals surface area contributed by atoms with E-state index in [0.717, 1.165) is 89.9 Å². The first-order valence-electron chi connectivity index (χ1n) is 35.6. The largest absolute Gasteiger partial charge is 0.462 e. The first kappa shape index (κ1) is 78.6. The van der Waals surface area contributed by atoms with Gasteiger partial charge in [-0.05, 0) is 70.6 Å². The van der Waals surface area contributed by atoms with Crippen molar-refractivity contribution < 1.29 is 28.6 Å². The van der Waals surface area contributed by atoms with Crippen LogP contribution in [0, 0.1) is 0 Å². The maximum absolute atomic E-state index is 13.0. The summed E-state index contributed by atoms with van der Waals surface area (Å²) in [5.74, 6) is -0.928. The minimum atomic E-state index is -0.800. The molecule has 1 atom stereocenters. The van der Waals surface area contributed by atoms with E-state index in [-0.39, 0.29) is 37.5 Å². The fourth-order valence-electron chi connectivity index (χ4n) is 10.4. The van der Waals surface area contributed by atoms with E-state index >= 15 is 0 Å². The van der Waals surface area contributed by atoms with Crippen molar-refractivity contribution in [1.29, 1.82) is 0 Å². The molecule has 0 N–H and O–H groups in total. The molecule has 0 aromatic carbocycles. The monoisotopic (exact) mass is 1140 g/mol. The molecule has 0 aromatic rings. The van der Waals surface area contributed by atoms with Crippen LogP contribution in [-0.4, -0.2) is 37.2 Å². The van der Waals surface area contributed by atoms with Gasteiger partial charge in [0.05, 0.1) is 0 Å². The molecular formula is C76H134O6. The number of hydrogen-bond acceptors (Lipinski definition) is 6. The van der Waals surface area contributed by atoms with Gasteiger partial charge in [0.1, 0.15) is 13.2 Å². The summed E-state index contributed by atoms with van der Waals surface area (Å²) in [5, 5.41) is 0. The Labute approximate surface area is 509 Å². The number of unbranched alkanes of at least 4 members (excludes halogenated alkanes) is 40. The maximum Gasteiger partial charge on any atom is 0.306 e. The standard InChI is InChI=1S/C76H134O6/c1-4-7-10-13-16-19-22-25-28-31-34-36-38-40-42-45-48-51-54-57-60-63-66-69-75(78)81-72-73(71-80-74(77)68-65-62-59-56-53-50-47-44-41-33-30-27-24-21-18-15-12-9-6-3)82-76(79)70-67-64-61-58-55-52-49-46-43-39-37-35-32-29-26-23-20-17-14-11-8-5-2/h7,10,16,19,25,28,34,36,40,42,48,51,57,60,73H,4-6,8-9,11-15,17-18,20-24,26-27,29-33,35,37-39,41,43-47,49-50,52-56,58-59,61-72H2,1-3H3/b10-7-,19-16-,28-25-,36-34-,42-40-,51-48-,60-57-. The second-order valence-corrected chi connectivity index (χ2v) is 23.8. The summed E-state index contributed by atoms with van der Waals surface area (Å²) in [6.07, 6.45) is 93.3. The Morgan fingerprint density at radius 2 is 0.476 bits per heavy atom. The summed E-state index contributed by atoms with van der Waals surface area (Å²) < 4.78 is 17.0. The Balaban J connectivity index is 4.43. The second-order valence-electron chi connectivity index (χ2n) is 23.8. The molecule has 0 amide bonds. The smallest absolute Gasteiger partial charge is 0.306 e. The lowest BCUT2D eigenvalue weighted by molar-refractivity contribution is -0.167. The third-order valence-electron chi connectivity index (χ3n) is 15.7. The third-order valence-corrected chi connectivity index (χ3v) is 15.7. The lowest BCUT2D eigenvalue weighted by atomic mass is 10.0. The molecule has 0 aliphatic heterocycles. The number of allylic oxidation sites excluding steroid dienone is 14. The third kappa shape index (κ3) is 67.4. The maximum atomic E-state index is 13.0. The Bertz CT molecular complexity index is 1550. The van der Waals surface area contributed by atoms with Crippen molar-refractivity contribution in [3.63, 3.8) is 0 Å². The van der Waals surface area contributed by atoms with E-state index in [9.17, 15) is 14.4 Å². The van der Waals surface area contributed by atoms with Crippen molar-refractivity contribution in [2.75, 3.05) is 13.2 Å². The zero-order valence-corrected chi connectivity index (χ0v) is 54.5. The fourth-order valence-corrected chi connectivity index (χ4v) is 10.4. The first-order valence-corrected chi connectivity index (χ1v) is 35.6. The van der Waals surface area contributed by atoms with Crippen molar-refractivity contribution in [2.24, 2.45) is 0 Å². The van der Waals surface area contributed by atoms with Crippen LogP contribution in [0.2, 0.25) is 0 Å². The minimum absolute atomic E-state index is 0.0896. The predicted octanol–water partition coefficient (Wildman–Crippen LogP) is 24.6. The van der Waals surface area contributed by atoms with Gasteiger partial charge in [-0.1, -0.05) is 356 Å². The molecule has 0 bridgehead atoms. The average molecular weight is 1140 g/mol. The lowest BCUT2D eigenvalue weighted by Crippen LogP contribution is -2.30. The number of esters is 3. The van der Waals surface area contributed by atoms with Gasteiger partial charge in [0.2, 0.25) is 0 Å². The highest BCUT2D eigenvalue weighted by Gasteiger charge is 2.19. The lowest BCUT2D eigenvalue weighted by Gasteiger charge is -2.18. The van der Waals surface area contributed by atoms with E-state index in [1.807, 2.05) is 0 Å². The van der Waals surface area contributed by atoms with Crippen molar-refractivity contribution in [1.82, 2.24) is 0 Å². The van der Waals surface area contributed by atoms with Crippen LogP contribution in [0.3, 0.4) is 0 Å². The molecule has 6 nitrogen and oxygen atoms in total. The van der Waals surface area contributed by atoms with Crippen molar-refractivity contribution >= 4 is 17.9 Å². The van der Waals surface area contributed by atoms with Crippen LogP contribution in [0.15, 0.2) is 85.1 Å². The number of rotatable bonds is 65. The van der Waals surface area contributed by atoms with Gasteiger partial charge in [-0.3, -0.25) is 14.4 Å². The first-order chi connectivity index (χ1) is 40.5. The topological polar surface area (TPSA) is 78.9 Å². The van der Waals surface area contributed by atoms with Gasteiger partial charge >= 0.3 is 17.9 Å². The molecule has 0 aliphatic carbocycles. The van der Waals surface area contributed by atoms with Gasteiger partial charge in [0, 0.05) is 19.3 Å². The van der Waals surface area contributed by atoms with E-state index in [4.69, 9.17) is 14.2 Å². The van der Waals surface area contributed by atoms with Gasteiger partial charge in [-0.15, -0.1) is 0 Å². The van der Waals surface area contributed by atoms with Crippen LogP contribution in [0.1, 0.15) is 361 Å². The van der Waals surface area contributed by atoms with Crippen molar-refractivity contribution in [2.45, 2.75) is 367 Å². The highest BCUT2D eigenvalue weighted by molar-refractivity contribution is 5.71. The van der Waals surface area contributed by atoms with Crippen LogP contribution in [-0.2, 0) is 28.6 Å². The molecule has 0 rings (SSSR count). The predicted molar refractivity (Wildman–Crippen MR) is 358 cm³/mol. The van der Waals surface area contributed by atoms with Gasteiger partial charge in [-0.2, -0.15) is 0 Å². The molecule has 6 heteroatoms. The number of carbonyl (C=O) groups is 3. The summed E-state index contributed by atoms with van der Waals surface area (Å²) >= 11 is 0. The molecule has 0 saturated heterocycles. The van der Waals surface area contributed by atoms with Crippen LogP contribution in [0.25, 0.3) is 0 Å². The molecule has 0 aliphatic rings. The summed E-state index contributed by atoms with van der Waals surface area (Å²) in [7, 11) is 0. The molecule has 0 saturated carbocycles. The summed E-state index contributed by atoms with van der Waals surface area (Å²) in [6, 6.07) is 0. The van der Waals surface area contributed by atoms with Gasteiger partial charge in [0.25, 0.3) is 0 Å². The Kier molecular flexibility index (Phi) is 67.2. The average Bonchev–Trinajstić information content (AvgIpc) is 3.48. The van der Waals surface area contributed by atoms with Gasteiger partial charge < -0.3 is 14.2 Å². The van der Waals surface area contributed by atoms with Crippen LogP contribution in [0.5, 0.6) is 0 Å². The van der Waals surface area contributed by atoms with E-state index in [1.54, 1.807) is 0 Å². The molecule has 0 spiro atoms. The van der Waals surface area contributed by atoms with Crippen LogP contribution >= 0.6 is 0 Å². The second kappa shape index (κ2) is 70.1. The van der Waals surface area contributed by atoms with Gasteiger partial charge in [0.15, 0.2) is 6.10 Å². The Morgan fingerprint density at radius 1 is 0.256 bits per heavy atom. The van der Waals surface area contributed by atoms with E-state index in [1.165, 1.54) is 225 Å². The summed E-state index contributed by atoms with van der Waals surface area (Å²) in [4.78, 5) is 38.5. The molecule has 0 radical (unpaired) electrons. The molecule has 474 valence electrons. The summed E-state index contributed by atoms with van der Waals surface area (Å²) in [5.41, 5.74) is 0. The zero-order chi connectivity index (χ0) is 59.2. The number of ether oxygens (including phenoxy) is 3. The number of hydrogen-bond donors (Lipinski definition) is 0. The SMILES string of the molecule is CC/C=C\C/C=C\C/C=C\C/C=C\C/C=C\C/C=C\C/C=C\CCCC(=O)OCC(COC(=O)CCCCCCCCCCCCCCCCCCCCC)OC(=O)CCCCCCCCCCCCCCCCCCCCCCCC. The minimum Gasteiger partial charge on any atom is -0.462 e. The van der Waals surface area contributed by atoms with E-state index in [0.29, 0.717) is 19.3 Å². The normalized spacial score (nSPS) is 12.6. The van der Waals surface area contributed by atoms with Crippen molar-refractivity contribution in [3.05, 3.63) is 85.1 Å². The van der Waals surface area contributed by atoms with Gasteiger partial charge in [-0.25, -0.2) is 0 Å². The molecule has 0 heterocycles. The highest BCUT2D eigenvalue weighted by atomic mass is 16.6. The molecule has 0 fully saturated rings. The van der Waals surface area contributed by atoms with Crippen LogP contribution in [0.4, 0.5) is 0 Å². The summed E-state index contributed by atoms with van der Waals surface area (Å²) in [6.45, 7) is 6.55. The molecular weight excluding hydrogens is 1010 g/mol. The van der Waals surface area contributed by atoms with E-state index in [2.05, 4.69) is 106 Å². The zero-order valence-electron chi connectivity index (χ0n) is 54.5. The highest BCUT2D eigenvalue weighted by Crippen LogP contribution is 2.18. The molecule has 82 heavy (non-hydrogen) atoms.